The van der Waals surface area contributed by atoms with Gasteiger partial charge in [0.05, 0.1) is 12.5 Å². The van der Waals surface area contributed by atoms with Gasteiger partial charge in [0.25, 0.3) is 0 Å². The number of methoxy groups -OCH3 is 1. The Morgan fingerprint density at radius 1 is 0.848 bits per heavy atom. The summed E-state index contributed by atoms with van der Waals surface area (Å²) >= 11 is 0. The van der Waals surface area contributed by atoms with Crippen LogP contribution in [0.15, 0.2) is 60.7 Å². The number of aliphatic carboxylic acids is 2. The number of alkyl carbamates (subject to hydrolysis) is 1. The first kappa shape index (κ1) is 25.3. The van der Waals surface area contributed by atoms with Crippen LogP contribution in [0.2, 0.25) is 0 Å². The smallest absolute Gasteiger partial charge is 0.408 e. The van der Waals surface area contributed by atoms with Gasteiger partial charge in [-0.25, -0.2) is 9.59 Å². The van der Waals surface area contributed by atoms with Crippen LogP contribution >= 0.6 is 0 Å². The summed E-state index contributed by atoms with van der Waals surface area (Å²) in [5, 5.41) is 23.6. The Kier molecular flexibility index (Phi) is 9.84. The maximum atomic E-state index is 12.9. The number of rotatable bonds is 12. The van der Waals surface area contributed by atoms with Crippen LogP contribution in [0.5, 0.6) is 0 Å². The zero-order valence-electron chi connectivity index (χ0n) is 18.0. The second-order valence-corrected chi connectivity index (χ2v) is 7.17. The fourth-order valence-electron chi connectivity index (χ4n) is 3.06. The van der Waals surface area contributed by atoms with Crippen LogP contribution in [0.25, 0.3) is 0 Å². The molecule has 0 fully saturated rings. The quantitative estimate of drug-likeness (QED) is 0.373. The topological polar surface area (TPSA) is 151 Å². The van der Waals surface area contributed by atoms with Gasteiger partial charge in [-0.05, 0) is 17.5 Å². The van der Waals surface area contributed by atoms with Crippen LogP contribution < -0.4 is 10.6 Å². The Bertz CT molecular complexity index is 936. The predicted octanol–water partition coefficient (Wildman–Crippen LogP) is 1.44. The molecule has 176 valence electrons. The third kappa shape index (κ3) is 8.26. The lowest BCUT2D eigenvalue weighted by atomic mass is 9.91. The van der Waals surface area contributed by atoms with Crippen molar-refractivity contribution in [2.24, 2.45) is 5.92 Å². The van der Waals surface area contributed by atoms with E-state index in [2.05, 4.69) is 10.6 Å². The number of nitrogens with one attached hydrogen (secondary N) is 2. The van der Waals surface area contributed by atoms with E-state index in [0.717, 1.165) is 0 Å². The van der Waals surface area contributed by atoms with Crippen molar-refractivity contribution in [3.05, 3.63) is 71.8 Å². The van der Waals surface area contributed by atoms with Gasteiger partial charge in [-0.2, -0.15) is 0 Å². The van der Waals surface area contributed by atoms with Gasteiger partial charge in [0.15, 0.2) is 6.04 Å². The Labute approximate surface area is 190 Å². The zero-order valence-corrected chi connectivity index (χ0v) is 18.0. The van der Waals surface area contributed by atoms with Crippen molar-refractivity contribution in [2.45, 2.75) is 25.1 Å². The van der Waals surface area contributed by atoms with Gasteiger partial charge < -0.3 is 30.3 Å². The van der Waals surface area contributed by atoms with Crippen LogP contribution in [0.1, 0.15) is 11.1 Å². The highest BCUT2D eigenvalue weighted by Crippen LogP contribution is 2.15. The second kappa shape index (κ2) is 12.8. The molecule has 1 unspecified atom stereocenters. The molecule has 2 rings (SSSR count). The first-order chi connectivity index (χ1) is 15.8. The summed E-state index contributed by atoms with van der Waals surface area (Å²) in [6, 6.07) is 14.3. The van der Waals surface area contributed by atoms with Crippen molar-refractivity contribution in [1.82, 2.24) is 10.6 Å². The lowest BCUT2D eigenvalue weighted by molar-refractivity contribution is -0.147. The molecular formula is C23H26N2O8. The van der Waals surface area contributed by atoms with E-state index in [0.29, 0.717) is 11.1 Å². The number of hydrogen-bond donors (Lipinski definition) is 4. The highest BCUT2D eigenvalue weighted by atomic mass is 16.5. The minimum atomic E-state index is -1.61. The fraction of sp³-hybridized carbons (Fsp3) is 0.304. The molecule has 33 heavy (non-hydrogen) atoms. The van der Waals surface area contributed by atoms with Gasteiger partial charge in [0.2, 0.25) is 5.91 Å². The summed E-state index contributed by atoms with van der Waals surface area (Å²) in [6.45, 7) is -0.443. The summed E-state index contributed by atoms with van der Waals surface area (Å²) < 4.78 is 9.92. The lowest BCUT2D eigenvalue weighted by Crippen LogP contribution is -2.57. The van der Waals surface area contributed by atoms with E-state index < -0.39 is 41.9 Å². The molecule has 0 radical (unpaired) electrons. The number of carboxylic acid groups (broad SMARTS) is 2. The maximum Gasteiger partial charge on any atom is 0.408 e. The number of carboxylic acids is 2. The molecule has 0 aromatic heterocycles. The molecule has 0 spiro atoms. The standard InChI is InChI=1S/C23H26N2O8/c1-32-14-18(22(29)30)24-20(26)19(17(21(27)28)12-15-8-4-2-5-9-15)25-23(31)33-13-16-10-6-3-7-11-16/h2-11,17-19H,12-14H2,1H3,(H,24,26)(H,25,31)(H,27,28)(H,29,30)/t17?,18-,19-/m0/s1. The third-order valence-electron chi connectivity index (χ3n) is 4.73. The van der Waals surface area contributed by atoms with Crippen LogP contribution in [-0.2, 0) is 36.9 Å². The maximum absolute atomic E-state index is 12.9. The molecule has 2 amide bonds. The lowest BCUT2D eigenvalue weighted by Gasteiger charge is -2.26. The first-order valence-electron chi connectivity index (χ1n) is 10.1. The second-order valence-electron chi connectivity index (χ2n) is 7.17. The average Bonchev–Trinajstić information content (AvgIpc) is 2.80. The summed E-state index contributed by atoms with van der Waals surface area (Å²) in [7, 11) is 1.26. The molecule has 10 heteroatoms. The van der Waals surface area contributed by atoms with Crippen molar-refractivity contribution >= 4 is 23.9 Å². The van der Waals surface area contributed by atoms with E-state index in [9.17, 15) is 29.4 Å². The van der Waals surface area contributed by atoms with Crippen molar-refractivity contribution in [3.8, 4) is 0 Å². The van der Waals surface area contributed by atoms with Crippen molar-refractivity contribution in [2.75, 3.05) is 13.7 Å². The number of carbonyl (C=O) groups excluding carboxylic acids is 2. The normalized spacial score (nSPS) is 13.2. The van der Waals surface area contributed by atoms with Gasteiger partial charge in [0, 0.05) is 7.11 Å². The van der Waals surface area contributed by atoms with Gasteiger partial charge >= 0.3 is 18.0 Å². The average molecular weight is 458 g/mol. The molecule has 4 N–H and O–H groups in total. The molecule has 0 bridgehead atoms. The van der Waals surface area contributed by atoms with E-state index in [1.807, 2.05) is 0 Å². The SMILES string of the molecule is COC[C@H](NC(=O)[C@@H](NC(=O)OCc1ccccc1)C(Cc1ccccc1)C(=O)O)C(=O)O. The number of carbonyl (C=O) groups is 4. The number of benzene rings is 2. The Hall–Kier alpha value is -3.92. The molecule has 2 aromatic carbocycles. The molecule has 0 heterocycles. The summed E-state index contributed by atoms with van der Waals surface area (Å²) in [6.07, 6.45) is -1.10. The zero-order chi connectivity index (χ0) is 24.2. The Morgan fingerprint density at radius 2 is 1.42 bits per heavy atom. The van der Waals surface area contributed by atoms with E-state index >= 15 is 0 Å². The summed E-state index contributed by atoms with van der Waals surface area (Å²) in [5.74, 6) is -5.10. The number of amides is 2. The van der Waals surface area contributed by atoms with Crippen LogP contribution in [0, 0.1) is 5.92 Å². The third-order valence-corrected chi connectivity index (χ3v) is 4.73. The van der Waals surface area contributed by atoms with Crippen molar-refractivity contribution in [1.29, 1.82) is 0 Å². The van der Waals surface area contributed by atoms with E-state index in [1.54, 1.807) is 60.7 Å². The largest absolute Gasteiger partial charge is 0.481 e. The first-order valence-corrected chi connectivity index (χ1v) is 10.1. The Balaban J connectivity index is 2.22. The monoisotopic (exact) mass is 458 g/mol. The van der Waals surface area contributed by atoms with Crippen LogP contribution in [0.4, 0.5) is 4.79 Å². The summed E-state index contributed by atoms with van der Waals surface area (Å²) in [5.41, 5.74) is 1.31. The van der Waals surface area contributed by atoms with E-state index in [1.165, 1.54) is 7.11 Å². The molecule has 0 aliphatic carbocycles. The molecular weight excluding hydrogens is 432 g/mol. The fourth-order valence-corrected chi connectivity index (χ4v) is 3.06. The minimum absolute atomic E-state index is 0.0881. The molecule has 0 saturated heterocycles. The van der Waals surface area contributed by atoms with E-state index in [4.69, 9.17) is 9.47 Å². The molecule has 0 aliphatic rings. The molecule has 0 saturated carbocycles. The molecule has 2 aromatic rings. The van der Waals surface area contributed by atoms with Crippen LogP contribution in [-0.4, -0.2) is 60.0 Å². The minimum Gasteiger partial charge on any atom is -0.481 e. The van der Waals surface area contributed by atoms with Gasteiger partial charge in [0.1, 0.15) is 12.6 Å². The highest BCUT2D eigenvalue weighted by Gasteiger charge is 2.37. The molecule has 0 aliphatic heterocycles. The van der Waals surface area contributed by atoms with Gasteiger partial charge in [-0.15, -0.1) is 0 Å². The van der Waals surface area contributed by atoms with Crippen LogP contribution in [0.3, 0.4) is 0 Å². The van der Waals surface area contributed by atoms with Crippen molar-refractivity contribution in [3.63, 3.8) is 0 Å². The van der Waals surface area contributed by atoms with Gasteiger partial charge in [-0.1, -0.05) is 60.7 Å². The molecule has 10 nitrogen and oxygen atoms in total. The predicted molar refractivity (Wildman–Crippen MR) is 116 cm³/mol. The highest BCUT2D eigenvalue weighted by molar-refractivity contribution is 5.93. The molecule has 3 atom stereocenters. The number of hydrogen-bond acceptors (Lipinski definition) is 6. The number of ether oxygens (including phenoxy) is 2. The summed E-state index contributed by atoms with van der Waals surface area (Å²) in [4.78, 5) is 48.8. The van der Waals surface area contributed by atoms with Gasteiger partial charge in [-0.3, -0.25) is 9.59 Å². The Morgan fingerprint density at radius 3 is 1.94 bits per heavy atom. The van der Waals surface area contributed by atoms with Crippen molar-refractivity contribution < 1.29 is 38.9 Å². The van der Waals surface area contributed by atoms with E-state index in [-0.39, 0.29) is 19.6 Å².